The van der Waals surface area contributed by atoms with Gasteiger partial charge in [0, 0.05) is 19.3 Å². The van der Waals surface area contributed by atoms with Gasteiger partial charge in [-0.15, -0.1) is 0 Å². The van der Waals surface area contributed by atoms with Crippen LogP contribution in [0.25, 0.3) is 0 Å². The molecule has 0 saturated carbocycles. The van der Waals surface area contributed by atoms with E-state index < -0.39 is 6.10 Å². The number of unbranched alkanes of at least 4 members (excludes halogenated alkanes) is 42. The Morgan fingerprint density at radius 3 is 0.765 bits per heavy atom. The Morgan fingerprint density at radius 1 is 0.259 bits per heavy atom. The normalized spacial score (nSPS) is 12.5. The molecule has 0 aliphatic rings. The van der Waals surface area contributed by atoms with E-state index in [1.54, 1.807) is 0 Å². The highest BCUT2D eigenvalue weighted by Crippen LogP contribution is 2.18. The van der Waals surface area contributed by atoms with Gasteiger partial charge in [0.05, 0.1) is 0 Å². The molecule has 0 spiro atoms. The van der Waals surface area contributed by atoms with Gasteiger partial charge < -0.3 is 14.2 Å². The Morgan fingerprint density at radius 2 is 0.481 bits per heavy atom. The second-order valence-corrected chi connectivity index (χ2v) is 23.8. The summed E-state index contributed by atoms with van der Waals surface area (Å²) in [7, 11) is 0. The van der Waals surface area contributed by atoms with Crippen molar-refractivity contribution in [2.24, 2.45) is 0 Å². The Bertz CT molecular complexity index is 1490. The fraction of sp³-hybridized carbons (Fsp3) is 0.800. The molecule has 0 aromatic heterocycles. The number of esters is 3. The van der Waals surface area contributed by atoms with E-state index in [0.29, 0.717) is 19.3 Å². The summed E-state index contributed by atoms with van der Waals surface area (Å²) in [5, 5.41) is 0. The first-order valence-electron chi connectivity index (χ1n) is 35.4. The second-order valence-electron chi connectivity index (χ2n) is 23.8. The van der Waals surface area contributed by atoms with Crippen molar-refractivity contribution in [1.82, 2.24) is 0 Å². The largest absolute Gasteiger partial charge is 0.462 e. The van der Waals surface area contributed by atoms with Crippen molar-refractivity contribution in [2.45, 2.75) is 374 Å². The van der Waals surface area contributed by atoms with E-state index in [4.69, 9.17) is 14.2 Å². The second kappa shape index (κ2) is 69.3. The Balaban J connectivity index is 4.21. The van der Waals surface area contributed by atoms with Crippen LogP contribution in [0.2, 0.25) is 0 Å². The highest BCUT2D eigenvalue weighted by atomic mass is 16.6. The monoisotopic (exact) mass is 1130 g/mol. The third-order valence-electron chi connectivity index (χ3n) is 15.7. The predicted molar refractivity (Wildman–Crippen MR) is 353 cm³/mol. The fourth-order valence-electron chi connectivity index (χ4n) is 10.4. The van der Waals surface area contributed by atoms with Crippen molar-refractivity contribution in [3.05, 3.63) is 72.9 Å². The number of carbonyl (C=O) groups excluding carboxylic acids is 3. The van der Waals surface area contributed by atoms with Crippen LogP contribution in [0.15, 0.2) is 72.9 Å². The molecule has 0 bridgehead atoms. The molecule has 1 unspecified atom stereocenters. The topological polar surface area (TPSA) is 78.9 Å². The molecule has 0 N–H and O–H groups in total. The van der Waals surface area contributed by atoms with E-state index in [2.05, 4.69) is 93.7 Å². The summed E-state index contributed by atoms with van der Waals surface area (Å²) in [6, 6.07) is 0. The van der Waals surface area contributed by atoms with Crippen molar-refractivity contribution < 1.29 is 28.6 Å². The van der Waals surface area contributed by atoms with Crippen LogP contribution < -0.4 is 0 Å². The summed E-state index contributed by atoms with van der Waals surface area (Å²) in [5.74, 6) is -0.854. The zero-order valence-corrected chi connectivity index (χ0v) is 54.1. The minimum Gasteiger partial charge on any atom is -0.462 e. The Kier molecular flexibility index (Phi) is 66.6. The maximum atomic E-state index is 12.9. The molecule has 0 aliphatic heterocycles. The van der Waals surface area contributed by atoms with Crippen molar-refractivity contribution in [3.8, 4) is 0 Å². The molecule has 0 fully saturated rings. The van der Waals surface area contributed by atoms with Crippen molar-refractivity contribution >= 4 is 17.9 Å². The first-order valence-corrected chi connectivity index (χ1v) is 35.4. The predicted octanol–water partition coefficient (Wildman–Crippen LogP) is 24.4. The van der Waals surface area contributed by atoms with Crippen LogP contribution in [0.5, 0.6) is 0 Å². The summed E-state index contributed by atoms with van der Waals surface area (Å²) in [4.78, 5) is 38.4. The number of ether oxygens (including phenoxy) is 3. The molecule has 1 atom stereocenters. The molecular formula is C75H134O6. The molecule has 0 aromatic carbocycles. The lowest BCUT2D eigenvalue weighted by molar-refractivity contribution is -0.167. The summed E-state index contributed by atoms with van der Waals surface area (Å²) in [5.41, 5.74) is 0. The summed E-state index contributed by atoms with van der Waals surface area (Å²) < 4.78 is 17.0. The van der Waals surface area contributed by atoms with E-state index in [1.807, 2.05) is 0 Å². The maximum Gasteiger partial charge on any atom is 0.306 e. The van der Waals surface area contributed by atoms with Crippen LogP contribution in [0.1, 0.15) is 367 Å². The minimum atomic E-state index is -0.775. The van der Waals surface area contributed by atoms with Crippen LogP contribution in [-0.4, -0.2) is 37.2 Å². The van der Waals surface area contributed by atoms with Crippen LogP contribution in [-0.2, 0) is 28.6 Å². The van der Waals surface area contributed by atoms with Gasteiger partial charge in [-0.2, -0.15) is 0 Å². The van der Waals surface area contributed by atoms with E-state index in [9.17, 15) is 14.4 Å². The number of allylic oxidation sites excluding steroid dienone is 12. The van der Waals surface area contributed by atoms with E-state index in [-0.39, 0.29) is 31.1 Å². The minimum absolute atomic E-state index is 0.0714. The van der Waals surface area contributed by atoms with Gasteiger partial charge in [-0.25, -0.2) is 0 Å². The first kappa shape index (κ1) is 77.9. The van der Waals surface area contributed by atoms with E-state index >= 15 is 0 Å². The van der Waals surface area contributed by atoms with Crippen LogP contribution in [0.4, 0.5) is 0 Å². The lowest BCUT2D eigenvalue weighted by Gasteiger charge is -2.18. The quantitative estimate of drug-likeness (QED) is 0.0261. The molecule has 0 radical (unpaired) electrons. The molecule has 0 aromatic rings. The maximum absolute atomic E-state index is 12.9. The van der Waals surface area contributed by atoms with Gasteiger partial charge in [0.25, 0.3) is 0 Å². The molecule has 6 heteroatoms. The van der Waals surface area contributed by atoms with Gasteiger partial charge in [0.15, 0.2) is 6.10 Å². The summed E-state index contributed by atoms with van der Waals surface area (Å²) in [6.45, 7) is 6.57. The van der Waals surface area contributed by atoms with E-state index in [0.717, 1.165) is 89.9 Å². The Hall–Kier alpha value is -3.15. The number of hydrogen-bond acceptors (Lipinski definition) is 6. The average Bonchev–Trinajstić information content (AvgIpc) is 3.47. The van der Waals surface area contributed by atoms with Gasteiger partial charge in [-0.3, -0.25) is 14.4 Å². The molecule has 6 nitrogen and oxygen atoms in total. The van der Waals surface area contributed by atoms with Gasteiger partial charge in [0.1, 0.15) is 13.2 Å². The van der Waals surface area contributed by atoms with E-state index in [1.165, 1.54) is 238 Å². The lowest BCUT2D eigenvalue weighted by atomic mass is 10.0. The van der Waals surface area contributed by atoms with Crippen molar-refractivity contribution in [1.29, 1.82) is 0 Å². The standard InChI is InChI=1S/C75H134O6/c1-4-7-10-13-16-19-22-24-26-28-30-32-34-36-37-39-40-42-44-46-48-50-53-56-59-62-65-68-74(77)80-71-72(70-79-73(76)67-64-61-58-55-52-21-18-15-12-9-6-3)81-75(78)69-66-63-60-57-54-51-49-47-45-43-41-38-35-33-31-29-27-25-23-20-17-14-11-8-5-2/h7,10,16,19,24,26,29-32,36-37,72H,4-6,8-9,11-15,17-18,20-23,25,27-28,33-35,38-71H2,1-3H3/b10-7-,19-16-,26-24-,31-29-,32-30-,37-36-. The van der Waals surface area contributed by atoms with Crippen LogP contribution >= 0.6 is 0 Å². The molecule has 0 rings (SSSR count). The molecule has 0 amide bonds. The summed E-state index contributed by atoms with van der Waals surface area (Å²) in [6.07, 6.45) is 90.8. The zero-order valence-electron chi connectivity index (χ0n) is 54.1. The SMILES string of the molecule is CC/C=C\C/C=C\C/C=C\C/C=C\C/C=C\CCCCCCCCCCCCCC(=O)OCC(COC(=O)CCCCCCCCCCCCC)OC(=O)CCCCCCCCCCCCCCC/C=C\CCCCCCCCCC. The highest BCUT2D eigenvalue weighted by molar-refractivity contribution is 5.71. The summed E-state index contributed by atoms with van der Waals surface area (Å²) >= 11 is 0. The highest BCUT2D eigenvalue weighted by Gasteiger charge is 2.19. The molecule has 0 saturated heterocycles. The molecule has 81 heavy (non-hydrogen) atoms. The van der Waals surface area contributed by atoms with Crippen molar-refractivity contribution in [3.63, 3.8) is 0 Å². The van der Waals surface area contributed by atoms with Gasteiger partial charge in [-0.1, -0.05) is 331 Å². The molecule has 0 aliphatic carbocycles. The number of rotatable bonds is 65. The van der Waals surface area contributed by atoms with Gasteiger partial charge in [0.2, 0.25) is 0 Å². The molecular weight excluding hydrogens is 997 g/mol. The van der Waals surface area contributed by atoms with Gasteiger partial charge in [-0.05, 0) is 89.9 Å². The zero-order chi connectivity index (χ0) is 58.5. The third kappa shape index (κ3) is 67.5. The smallest absolute Gasteiger partial charge is 0.306 e. The van der Waals surface area contributed by atoms with Crippen LogP contribution in [0, 0.1) is 0 Å². The van der Waals surface area contributed by atoms with Gasteiger partial charge >= 0.3 is 17.9 Å². The average molecular weight is 1130 g/mol. The number of hydrogen-bond donors (Lipinski definition) is 0. The first-order chi connectivity index (χ1) is 40.0. The lowest BCUT2D eigenvalue weighted by Crippen LogP contribution is -2.30. The molecule has 0 heterocycles. The fourth-order valence-corrected chi connectivity index (χ4v) is 10.4. The van der Waals surface area contributed by atoms with Crippen molar-refractivity contribution in [2.75, 3.05) is 13.2 Å². The molecule has 470 valence electrons. The Labute approximate surface area is 503 Å². The number of carbonyl (C=O) groups is 3. The van der Waals surface area contributed by atoms with Crippen LogP contribution in [0.3, 0.4) is 0 Å². The third-order valence-corrected chi connectivity index (χ3v) is 15.7.